The molecule has 1 aliphatic rings. The lowest BCUT2D eigenvalue weighted by Crippen LogP contribution is -2.25. The second-order valence-electron chi connectivity index (χ2n) is 7.57. The molecular formula is C23H24N4O3. The van der Waals surface area contributed by atoms with E-state index in [4.69, 9.17) is 5.73 Å². The number of anilines is 1. The van der Waals surface area contributed by atoms with Gasteiger partial charge >= 0.3 is 0 Å². The summed E-state index contributed by atoms with van der Waals surface area (Å²) in [6, 6.07) is 14.5. The van der Waals surface area contributed by atoms with Gasteiger partial charge in [-0.25, -0.2) is 0 Å². The fraction of sp³-hybridized carbons (Fsp3) is 0.261. The Morgan fingerprint density at radius 3 is 2.63 bits per heavy atom. The smallest absolute Gasteiger partial charge is 0.251 e. The van der Waals surface area contributed by atoms with Crippen LogP contribution in [0.1, 0.15) is 41.1 Å². The summed E-state index contributed by atoms with van der Waals surface area (Å²) in [5, 5.41) is 16.2. The molecule has 0 spiro atoms. The summed E-state index contributed by atoms with van der Waals surface area (Å²) in [5.41, 5.74) is 8.66. The van der Waals surface area contributed by atoms with E-state index in [-0.39, 0.29) is 23.6 Å². The van der Waals surface area contributed by atoms with Crippen molar-refractivity contribution in [1.82, 2.24) is 10.3 Å². The van der Waals surface area contributed by atoms with Crippen molar-refractivity contribution in [3.8, 4) is 5.75 Å². The molecule has 2 aromatic carbocycles. The molecule has 3 aromatic rings. The molecule has 30 heavy (non-hydrogen) atoms. The zero-order valence-electron chi connectivity index (χ0n) is 16.5. The van der Waals surface area contributed by atoms with Gasteiger partial charge in [-0.3, -0.25) is 14.6 Å². The molecule has 1 fully saturated rings. The van der Waals surface area contributed by atoms with Gasteiger partial charge in [-0.15, -0.1) is 0 Å². The van der Waals surface area contributed by atoms with Crippen molar-refractivity contribution >= 4 is 28.4 Å². The standard InChI is InChI=1S/C23H24N4O3/c24-19-13-18(19)14-5-7-15(8-6-14)27-21(29)4-2-12-26-23(30)17-9-10-20(28)22-16(17)3-1-11-25-22/h1,3,5-11,18-19,28H,2,4,12-13,24H2,(H,26,30)(H,27,29)/t18-,19+/m1/s1. The van der Waals surface area contributed by atoms with Crippen LogP contribution in [0.15, 0.2) is 54.7 Å². The summed E-state index contributed by atoms with van der Waals surface area (Å²) in [7, 11) is 0. The van der Waals surface area contributed by atoms with Crippen LogP contribution < -0.4 is 16.4 Å². The lowest BCUT2D eigenvalue weighted by molar-refractivity contribution is -0.116. The van der Waals surface area contributed by atoms with Crippen LogP contribution in [-0.2, 0) is 4.79 Å². The van der Waals surface area contributed by atoms with Crippen LogP contribution in [0.4, 0.5) is 5.69 Å². The number of phenols is 1. The van der Waals surface area contributed by atoms with Gasteiger partial charge in [0.25, 0.3) is 5.91 Å². The molecule has 7 heteroatoms. The van der Waals surface area contributed by atoms with Gasteiger partial charge in [0.05, 0.1) is 0 Å². The molecule has 154 valence electrons. The van der Waals surface area contributed by atoms with Gasteiger partial charge in [0.1, 0.15) is 11.3 Å². The molecule has 1 saturated carbocycles. The summed E-state index contributed by atoms with van der Waals surface area (Å²) in [6.07, 6.45) is 3.40. The van der Waals surface area contributed by atoms with Crippen LogP contribution in [-0.4, -0.2) is 34.5 Å². The van der Waals surface area contributed by atoms with E-state index < -0.39 is 0 Å². The van der Waals surface area contributed by atoms with Crippen LogP contribution in [0, 0.1) is 0 Å². The van der Waals surface area contributed by atoms with E-state index >= 15 is 0 Å². The van der Waals surface area contributed by atoms with E-state index in [1.165, 1.54) is 11.6 Å². The number of pyridine rings is 1. The van der Waals surface area contributed by atoms with Crippen molar-refractivity contribution in [2.24, 2.45) is 5.73 Å². The van der Waals surface area contributed by atoms with Crippen molar-refractivity contribution in [2.75, 3.05) is 11.9 Å². The normalized spacial score (nSPS) is 17.5. The van der Waals surface area contributed by atoms with E-state index in [1.54, 1.807) is 24.4 Å². The number of benzene rings is 2. The zero-order chi connectivity index (χ0) is 21.1. The fourth-order valence-electron chi connectivity index (χ4n) is 3.54. The van der Waals surface area contributed by atoms with Gasteiger partial charge < -0.3 is 21.5 Å². The number of nitrogens with one attached hydrogen (secondary N) is 2. The second-order valence-corrected chi connectivity index (χ2v) is 7.57. The highest BCUT2D eigenvalue weighted by Crippen LogP contribution is 2.39. The van der Waals surface area contributed by atoms with Gasteiger partial charge in [0, 0.05) is 47.8 Å². The molecule has 2 atom stereocenters. The first-order valence-electron chi connectivity index (χ1n) is 10.0. The Balaban J connectivity index is 1.24. The predicted molar refractivity (Wildman–Crippen MR) is 115 cm³/mol. The topological polar surface area (TPSA) is 117 Å². The maximum absolute atomic E-state index is 12.5. The molecule has 7 nitrogen and oxygen atoms in total. The number of hydrogen-bond donors (Lipinski definition) is 4. The summed E-state index contributed by atoms with van der Waals surface area (Å²) >= 11 is 0. The SMILES string of the molecule is N[C@H]1C[C@@H]1c1ccc(NC(=O)CCCNC(=O)c2ccc(O)c3ncccc23)cc1. The van der Waals surface area contributed by atoms with E-state index in [0.717, 1.165) is 12.1 Å². The largest absolute Gasteiger partial charge is 0.506 e. The maximum atomic E-state index is 12.5. The fourth-order valence-corrected chi connectivity index (χ4v) is 3.54. The van der Waals surface area contributed by atoms with E-state index in [2.05, 4.69) is 15.6 Å². The molecule has 1 heterocycles. The highest BCUT2D eigenvalue weighted by atomic mass is 16.3. The van der Waals surface area contributed by atoms with Gasteiger partial charge in [0.15, 0.2) is 0 Å². The van der Waals surface area contributed by atoms with Gasteiger partial charge in [-0.2, -0.15) is 0 Å². The maximum Gasteiger partial charge on any atom is 0.251 e. The summed E-state index contributed by atoms with van der Waals surface area (Å²) in [5.74, 6) is 0.119. The summed E-state index contributed by atoms with van der Waals surface area (Å²) in [4.78, 5) is 28.7. The number of rotatable bonds is 7. The van der Waals surface area contributed by atoms with Crippen molar-refractivity contribution in [3.05, 3.63) is 65.9 Å². The first kappa shape index (κ1) is 19.8. The van der Waals surface area contributed by atoms with Crippen LogP contribution >= 0.6 is 0 Å². The molecule has 4 rings (SSSR count). The van der Waals surface area contributed by atoms with E-state index in [9.17, 15) is 14.7 Å². The number of fused-ring (bicyclic) bond motifs is 1. The average Bonchev–Trinajstić information content (AvgIpc) is 3.48. The van der Waals surface area contributed by atoms with Crippen molar-refractivity contribution < 1.29 is 14.7 Å². The Bertz CT molecular complexity index is 1080. The molecule has 2 amide bonds. The Labute approximate surface area is 174 Å². The minimum atomic E-state index is -0.262. The number of carbonyl (C=O) groups is 2. The molecular weight excluding hydrogens is 380 g/mol. The molecule has 0 saturated heterocycles. The van der Waals surface area contributed by atoms with Gasteiger partial charge in [0.2, 0.25) is 5.91 Å². The Hall–Kier alpha value is -3.45. The molecule has 0 radical (unpaired) electrons. The van der Waals surface area contributed by atoms with Gasteiger partial charge in [-0.05, 0) is 48.7 Å². The number of aromatic nitrogens is 1. The van der Waals surface area contributed by atoms with Crippen molar-refractivity contribution in [3.63, 3.8) is 0 Å². The average molecular weight is 404 g/mol. The monoisotopic (exact) mass is 404 g/mol. The van der Waals surface area contributed by atoms with Crippen LogP contribution in [0.2, 0.25) is 0 Å². The minimum absolute atomic E-state index is 0.0341. The Morgan fingerprint density at radius 1 is 1.13 bits per heavy atom. The van der Waals surface area contributed by atoms with Gasteiger partial charge in [-0.1, -0.05) is 18.2 Å². The Morgan fingerprint density at radius 2 is 1.90 bits per heavy atom. The van der Waals surface area contributed by atoms with Crippen LogP contribution in [0.25, 0.3) is 10.9 Å². The van der Waals surface area contributed by atoms with E-state index in [1.807, 2.05) is 24.3 Å². The highest BCUT2D eigenvalue weighted by Gasteiger charge is 2.34. The zero-order valence-corrected chi connectivity index (χ0v) is 16.5. The number of aromatic hydroxyl groups is 1. The molecule has 0 bridgehead atoms. The lowest BCUT2D eigenvalue weighted by Gasteiger charge is -2.09. The Kier molecular flexibility index (Phi) is 5.63. The third-order valence-electron chi connectivity index (χ3n) is 5.32. The number of amides is 2. The third-order valence-corrected chi connectivity index (χ3v) is 5.32. The van der Waals surface area contributed by atoms with Crippen molar-refractivity contribution in [1.29, 1.82) is 0 Å². The molecule has 0 unspecified atom stereocenters. The second kappa shape index (κ2) is 8.51. The molecule has 5 N–H and O–H groups in total. The van der Waals surface area contributed by atoms with E-state index in [0.29, 0.717) is 41.8 Å². The molecule has 1 aliphatic carbocycles. The number of nitrogens with zero attached hydrogens (tertiary/aromatic N) is 1. The summed E-state index contributed by atoms with van der Waals surface area (Å²) in [6.45, 7) is 0.368. The first-order valence-corrected chi connectivity index (χ1v) is 10.0. The number of phenolic OH excluding ortho intramolecular Hbond substituents is 1. The first-order chi connectivity index (χ1) is 14.5. The minimum Gasteiger partial charge on any atom is -0.506 e. The van der Waals surface area contributed by atoms with Crippen molar-refractivity contribution in [2.45, 2.75) is 31.2 Å². The number of hydrogen-bond acceptors (Lipinski definition) is 5. The number of carbonyl (C=O) groups excluding carboxylic acids is 2. The molecule has 0 aliphatic heterocycles. The predicted octanol–water partition coefficient (Wildman–Crippen LogP) is 2.90. The lowest BCUT2D eigenvalue weighted by atomic mass is 10.1. The van der Waals surface area contributed by atoms with Crippen LogP contribution in [0.3, 0.4) is 0 Å². The number of nitrogens with two attached hydrogens (primary N) is 1. The third kappa shape index (κ3) is 4.41. The highest BCUT2D eigenvalue weighted by molar-refractivity contribution is 6.07. The summed E-state index contributed by atoms with van der Waals surface area (Å²) < 4.78 is 0. The quantitative estimate of drug-likeness (QED) is 0.452. The van der Waals surface area contributed by atoms with Crippen LogP contribution in [0.5, 0.6) is 5.75 Å². The molecule has 1 aromatic heterocycles.